The van der Waals surface area contributed by atoms with Crippen LogP contribution in [0.3, 0.4) is 0 Å². The van der Waals surface area contributed by atoms with Crippen molar-refractivity contribution in [3.05, 3.63) is 35.9 Å². The summed E-state index contributed by atoms with van der Waals surface area (Å²) in [5, 5.41) is 7.09. The molecule has 0 aliphatic carbocycles. The van der Waals surface area contributed by atoms with E-state index in [0.29, 0.717) is 12.0 Å². The number of benzene rings is 1. The molecular formula is C23H43IN6. The molecule has 1 fully saturated rings. The minimum atomic E-state index is 0. The Hall–Kier alpha value is -0.900. The molecule has 1 aliphatic rings. The zero-order valence-corrected chi connectivity index (χ0v) is 21.9. The smallest absolute Gasteiger partial charge is 0.191 e. The van der Waals surface area contributed by atoms with Gasteiger partial charge >= 0.3 is 0 Å². The van der Waals surface area contributed by atoms with E-state index in [4.69, 9.17) is 0 Å². The fourth-order valence-corrected chi connectivity index (χ4v) is 4.02. The molecule has 1 aromatic rings. The first-order valence-electron chi connectivity index (χ1n) is 11.2. The molecule has 0 aromatic heterocycles. The normalized spacial score (nSPS) is 18.0. The number of nitrogens with one attached hydrogen (secondary N) is 2. The molecule has 7 heteroatoms. The first kappa shape index (κ1) is 27.1. The Morgan fingerprint density at radius 1 is 1.03 bits per heavy atom. The summed E-state index contributed by atoms with van der Waals surface area (Å²) in [6, 6.07) is 11.1. The zero-order valence-electron chi connectivity index (χ0n) is 19.6. The van der Waals surface area contributed by atoms with E-state index < -0.39 is 0 Å². The highest BCUT2D eigenvalue weighted by Crippen LogP contribution is 2.19. The summed E-state index contributed by atoms with van der Waals surface area (Å²) < 4.78 is 0. The summed E-state index contributed by atoms with van der Waals surface area (Å²) in [6.07, 6.45) is 0. The number of hydrogen-bond acceptors (Lipinski definition) is 4. The topological polar surface area (TPSA) is 46.1 Å². The van der Waals surface area contributed by atoms with Gasteiger partial charge in [-0.1, -0.05) is 51.1 Å². The molecule has 0 radical (unpaired) electrons. The van der Waals surface area contributed by atoms with Gasteiger partial charge in [0.1, 0.15) is 0 Å². The lowest BCUT2D eigenvalue weighted by molar-refractivity contribution is 0.139. The molecule has 2 atom stereocenters. The summed E-state index contributed by atoms with van der Waals surface area (Å²) in [5.41, 5.74) is 1.35. The molecule has 0 spiro atoms. The Morgan fingerprint density at radius 3 is 2.20 bits per heavy atom. The first-order valence-corrected chi connectivity index (χ1v) is 11.2. The number of aliphatic imine (C=N–C) groups is 1. The van der Waals surface area contributed by atoms with Gasteiger partial charge in [0, 0.05) is 52.9 Å². The van der Waals surface area contributed by atoms with Gasteiger partial charge < -0.3 is 20.4 Å². The molecule has 0 amide bonds. The number of rotatable bonds is 10. The molecule has 1 aromatic carbocycles. The monoisotopic (exact) mass is 530 g/mol. The van der Waals surface area contributed by atoms with Crippen LogP contribution in [0.15, 0.2) is 35.3 Å². The van der Waals surface area contributed by atoms with Crippen LogP contribution in [0, 0.1) is 5.92 Å². The van der Waals surface area contributed by atoms with E-state index in [0.717, 1.165) is 38.7 Å². The SMILES string of the molecule is CCN(CC)C(CNC(=NC)NCC(C)CN1CCN(C)CC1)c1ccccc1.I. The number of halogens is 1. The number of nitrogens with zero attached hydrogens (tertiary/aromatic N) is 4. The highest BCUT2D eigenvalue weighted by atomic mass is 127. The van der Waals surface area contributed by atoms with Crippen molar-refractivity contribution >= 4 is 29.9 Å². The standard InChI is InChI=1S/C23H42N6.HI/c1-6-29(7-2)22(21-11-9-8-10-12-21)18-26-23(24-4)25-17-20(3)19-28-15-13-27(5)14-16-28;/h8-12,20,22H,6-7,13-19H2,1-5H3,(H2,24,25,26);1H. The van der Waals surface area contributed by atoms with Crippen molar-refractivity contribution in [1.29, 1.82) is 0 Å². The summed E-state index contributed by atoms with van der Waals surface area (Å²) in [6.45, 7) is 16.5. The molecule has 172 valence electrons. The van der Waals surface area contributed by atoms with E-state index in [-0.39, 0.29) is 24.0 Å². The van der Waals surface area contributed by atoms with Gasteiger partial charge in [0.25, 0.3) is 0 Å². The summed E-state index contributed by atoms with van der Waals surface area (Å²) in [7, 11) is 4.06. The van der Waals surface area contributed by atoms with Crippen LogP contribution >= 0.6 is 24.0 Å². The molecule has 1 heterocycles. The van der Waals surface area contributed by atoms with Crippen LogP contribution in [0.1, 0.15) is 32.4 Å². The van der Waals surface area contributed by atoms with Crippen LogP contribution < -0.4 is 10.6 Å². The van der Waals surface area contributed by atoms with Crippen molar-refractivity contribution in [3.63, 3.8) is 0 Å². The fraction of sp³-hybridized carbons (Fsp3) is 0.696. The molecule has 0 saturated carbocycles. The minimum Gasteiger partial charge on any atom is -0.356 e. The largest absolute Gasteiger partial charge is 0.356 e. The average Bonchev–Trinajstić information content (AvgIpc) is 2.75. The molecule has 2 N–H and O–H groups in total. The van der Waals surface area contributed by atoms with Crippen molar-refractivity contribution in [2.24, 2.45) is 10.9 Å². The highest BCUT2D eigenvalue weighted by Gasteiger charge is 2.19. The Kier molecular flexibility index (Phi) is 13.6. The lowest BCUT2D eigenvalue weighted by atomic mass is 10.1. The maximum Gasteiger partial charge on any atom is 0.191 e. The third kappa shape index (κ3) is 9.08. The van der Waals surface area contributed by atoms with Crippen LogP contribution in [0.5, 0.6) is 0 Å². The Bertz CT molecular complexity index is 585. The summed E-state index contributed by atoms with van der Waals surface area (Å²) >= 11 is 0. The second kappa shape index (κ2) is 15.0. The number of hydrogen-bond donors (Lipinski definition) is 2. The molecule has 2 rings (SSSR count). The van der Waals surface area contributed by atoms with Crippen LogP contribution in [0.25, 0.3) is 0 Å². The molecule has 30 heavy (non-hydrogen) atoms. The molecule has 0 bridgehead atoms. The predicted octanol–water partition coefficient (Wildman–Crippen LogP) is 2.74. The van der Waals surface area contributed by atoms with Crippen molar-refractivity contribution in [3.8, 4) is 0 Å². The lowest BCUT2D eigenvalue weighted by Crippen LogP contribution is -2.48. The van der Waals surface area contributed by atoms with Gasteiger partial charge in [0.05, 0.1) is 6.04 Å². The van der Waals surface area contributed by atoms with E-state index in [9.17, 15) is 0 Å². The van der Waals surface area contributed by atoms with Crippen LogP contribution in [-0.2, 0) is 0 Å². The molecule has 1 saturated heterocycles. The van der Waals surface area contributed by atoms with E-state index in [2.05, 4.69) is 88.5 Å². The highest BCUT2D eigenvalue weighted by molar-refractivity contribution is 14.0. The first-order chi connectivity index (χ1) is 14.1. The van der Waals surface area contributed by atoms with Gasteiger partial charge in [-0.25, -0.2) is 0 Å². The van der Waals surface area contributed by atoms with Gasteiger partial charge in [0.2, 0.25) is 0 Å². The molecule has 1 aliphatic heterocycles. The summed E-state index contributed by atoms with van der Waals surface area (Å²) in [5.74, 6) is 1.48. The van der Waals surface area contributed by atoms with Crippen molar-refractivity contribution in [2.75, 3.05) is 73.0 Å². The maximum absolute atomic E-state index is 4.45. The van der Waals surface area contributed by atoms with Gasteiger partial charge in [-0.2, -0.15) is 0 Å². The number of guanidine groups is 1. The minimum absolute atomic E-state index is 0. The van der Waals surface area contributed by atoms with Crippen molar-refractivity contribution in [1.82, 2.24) is 25.3 Å². The average molecular weight is 531 g/mol. The quantitative estimate of drug-likeness (QED) is 0.277. The second-order valence-electron chi connectivity index (χ2n) is 8.19. The predicted molar refractivity (Wildman–Crippen MR) is 140 cm³/mol. The van der Waals surface area contributed by atoms with Gasteiger partial charge in [-0.05, 0) is 31.6 Å². The van der Waals surface area contributed by atoms with E-state index in [1.54, 1.807) is 0 Å². The van der Waals surface area contributed by atoms with Crippen molar-refractivity contribution < 1.29 is 0 Å². The summed E-state index contributed by atoms with van der Waals surface area (Å²) in [4.78, 5) is 11.9. The van der Waals surface area contributed by atoms with E-state index >= 15 is 0 Å². The van der Waals surface area contributed by atoms with E-state index in [1.807, 2.05) is 7.05 Å². The lowest BCUT2D eigenvalue weighted by Gasteiger charge is -2.34. The fourth-order valence-electron chi connectivity index (χ4n) is 4.02. The molecule has 6 nitrogen and oxygen atoms in total. The van der Waals surface area contributed by atoms with Gasteiger partial charge in [0.15, 0.2) is 5.96 Å². The maximum atomic E-state index is 4.45. The third-order valence-electron chi connectivity index (χ3n) is 5.91. The second-order valence-corrected chi connectivity index (χ2v) is 8.19. The zero-order chi connectivity index (χ0) is 21.1. The van der Waals surface area contributed by atoms with E-state index in [1.165, 1.54) is 31.7 Å². The van der Waals surface area contributed by atoms with Crippen LogP contribution in [0.2, 0.25) is 0 Å². The Morgan fingerprint density at radius 2 is 1.63 bits per heavy atom. The Balaban J connectivity index is 0.00000450. The third-order valence-corrected chi connectivity index (χ3v) is 5.91. The van der Waals surface area contributed by atoms with Crippen LogP contribution in [0.4, 0.5) is 0 Å². The van der Waals surface area contributed by atoms with Gasteiger partial charge in [-0.3, -0.25) is 9.89 Å². The Labute approximate surface area is 201 Å². The molecule has 2 unspecified atom stereocenters. The van der Waals surface area contributed by atoms with Gasteiger partial charge in [-0.15, -0.1) is 24.0 Å². The van der Waals surface area contributed by atoms with Crippen LogP contribution in [-0.4, -0.2) is 93.7 Å². The number of likely N-dealkylation sites (N-methyl/N-ethyl adjacent to an activating group) is 2. The molecular weight excluding hydrogens is 487 g/mol. The van der Waals surface area contributed by atoms with Crippen molar-refractivity contribution in [2.45, 2.75) is 26.8 Å². The number of piperazine rings is 1.